The van der Waals surface area contributed by atoms with Crippen molar-refractivity contribution in [2.45, 2.75) is 44.1 Å². The zero-order valence-electron chi connectivity index (χ0n) is 9.67. The zero-order chi connectivity index (χ0) is 10.6. The Morgan fingerprint density at radius 2 is 2.25 bits per heavy atom. The first-order valence-corrected chi connectivity index (χ1v) is 7.60. The normalized spacial score (nSPS) is 41.2. The van der Waals surface area contributed by atoms with Gasteiger partial charge in [0.25, 0.3) is 0 Å². The van der Waals surface area contributed by atoms with E-state index in [4.69, 9.17) is 0 Å². The molecule has 1 aromatic rings. The van der Waals surface area contributed by atoms with Crippen LogP contribution in [-0.2, 0) is 12.0 Å². The van der Waals surface area contributed by atoms with E-state index in [2.05, 4.69) is 16.8 Å². The smallest absolute Gasteiger partial charge is 0.0479 e. The van der Waals surface area contributed by atoms with Gasteiger partial charge in [0, 0.05) is 17.0 Å². The molecule has 0 radical (unpaired) electrons. The van der Waals surface area contributed by atoms with E-state index in [1.807, 2.05) is 11.3 Å². The molecule has 2 aliphatic carbocycles. The molecule has 4 rings (SSSR count). The maximum Gasteiger partial charge on any atom is 0.0479 e. The summed E-state index contributed by atoms with van der Waals surface area (Å²) >= 11 is 1.98. The minimum Gasteiger partial charge on any atom is -0.307 e. The van der Waals surface area contributed by atoms with E-state index in [0.29, 0.717) is 5.54 Å². The van der Waals surface area contributed by atoms with Gasteiger partial charge < -0.3 is 5.32 Å². The lowest BCUT2D eigenvalue weighted by atomic mass is 9.51. The minimum absolute atomic E-state index is 0.415. The largest absolute Gasteiger partial charge is 0.307 e. The van der Waals surface area contributed by atoms with Gasteiger partial charge in [0.2, 0.25) is 0 Å². The Morgan fingerprint density at radius 3 is 3.19 bits per heavy atom. The van der Waals surface area contributed by atoms with E-state index >= 15 is 0 Å². The minimum atomic E-state index is 0.415. The molecule has 16 heavy (non-hydrogen) atoms. The first-order valence-electron chi connectivity index (χ1n) is 6.72. The number of nitrogens with one attached hydrogen (secondary N) is 1. The van der Waals surface area contributed by atoms with Gasteiger partial charge in [-0.05, 0) is 48.1 Å². The van der Waals surface area contributed by atoms with Crippen molar-refractivity contribution in [2.75, 3.05) is 6.54 Å². The average molecular weight is 233 g/mol. The van der Waals surface area contributed by atoms with E-state index in [1.54, 1.807) is 10.4 Å². The molecular weight excluding hydrogens is 214 g/mol. The average Bonchev–Trinajstić information content (AvgIpc) is 2.76. The number of fused-ring (bicyclic) bond motifs is 4. The van der Waals surface area contributed by atoms with Gasteiger partial charge in [-0.3, -0.25) is 0 Å². The van der Waals surface area contributed by atoms with Crippen LogP contribution in [0.5, 0.6) is 0 Å². The fraction of sp³-hybridized carbons (Fsp3) is 0.714. The number of hydrogen-bond acceptors (Lipinski definition) is 2. The van der Waals surface area contributed by atoms with E-state index < -0.39 is 0 Å². The van der Waals surface area contributed by atoms with Crippen LogP contribution in [0.3, 0.4) is 0 Å². The molecule has 1 spiro atoms. The van der Waals surface area contributed by atoms with Crippen molar-refractivity contribution in [3.8, 4) is 0 Å². The first-order chi connectivity index (χ1) is 7.90. The molecule has 2 saturated carbocycles. The van der Waals surface area contributed by atoms with Crippen molar-refractivity contribution in [1.29, 1.82) is 0 Å². The Balaban J connectivity index is 1.74. The summed E-state index contributed by atoms with van der Waals surface area (Å²) < 4.78 is 0. The van der Waals surface area contributed by atoms with Crippen LogP contribution in [0.4, 0.5) is 0 Å². The van der Waals surface area contributed by atoms with Crippen LogP contribution in [0.2, 0.25) is 0 Å². The van der Waals surface area contributed by atoms with Crippen molar-refractivity contribution in [2.24, 2.45) is 11.8 Å². The highest BCUT2D eigenvalue weighted by molar-refractivity contribution is 7.10. The summed E-state index contributed by atoms with van der Waals surface area (Å²) in [5.41, 5.74) is 2.09. The van der Waals surface area contributed by atoms with Gasteiger partial charge in [-0.1, -0.05) is 19.3 Å². The fourth-order valence-corrected chi connectivity index (χ4v) is 5.41. The van der Waals surface area contributed by atoms with Crippen LogP contribution >= 0.6 is 11.3 Å². The molecule has 2 heteroatoms. The van der Waals surface area contributed by atoms with Gasteiger partial charge in [-0.15, -0.1) is 11.3 Å². The molecule has 0 saturated heterocycles. The van der Waals surface area contributed by atoms with Crippen molar-refractivity contribution in [1.82, 2.24) is 5.32 Å². The predicted octanol–water partition coefficient (Wildman–Crippen LogP) is 3.30. The highest BCUT2D eigenvalue weighted by atomic mass is 32.1. The van der Waals surface area contributed by atoms with Crippen LogP contribution in [0.25, 0.3) is 0 Å². The SMILES string of the molecule is c1cc2c(s1)CCNC21C[C@@H]2CCCC[C@@H]21. The van der Waals surface area contributed by atoms with Crippen LogP contribution in [0.1, 0.15) is 42.5 Å². The Labute approximate surface area is 101 Å². The quantitative estimate of drug-likeness (QED) is 0.725. The number of thiophene rings is 1. The van der Waals surface area contributed by atoms with Crippen LogP contribution in [-0.4, -0.2) is 6.54 Å². The van der Waals surface area contributed by atoms with Gasteiger partial charge in [0.1, 0.15) is 0 Å². The number of hydrogen-bond donors (Lipinski definition) is 1. The molecule has 3 atom stereocenters. The highest BCUT2D eigenvalue weighted by Crippen LogP contribution is 2.58. The summed E-state index contributed by atoms with van der Waals surface area (Å²) in [4.78, 5) is 1.67. The molecule has 2 fully saturated rings. The fourth-order valence-electron chi connectivity index (χ4n) is 4.44. The van der Waals surface area contributed by atoms with Gasteiger partial charge in [0.15, 0.2) is 0 Å². The summed E-state index contributed by atoms with van der Waals surface area (Å²) in [7, 11) is 0. The van der Waals surface area contributed by atoms with Gasteiger partial charge >= 0.3 is 0 Å². The molecule has 0 aromatic carbocycles. The van der Waals surface area contributed by atoms with Crippen molar-refractivity contribution in [3.63, 3.8) is 0 Å². The molecule has 1 aliphatic heterocycles. The molecule has 1 N–H and O–H groups in total. The second-order valence-corrected chi connectivity index (χ2v) is 6.76. The summed E-state index contributed by atoms with van der Waals surface area (Å²) in [6.07, 6.45) is 8.58. The van der Waals surface area contributed by atoms with Gasteiger partial charge in [0.05, 0.1) is 0 Å². The first kappa shape index (κ1) is 9.67. The summed E-state index contributed by atoms with van der Waals surface area (Å²) in [6.45, 7) is 1.21. The van der Waals surface area contributed by atoms with E-state index in [9.17, 15) is 0 Å². The predicted molar refractivity (Wildman–Crippen MR) is 67.8 cm³/mol. The highest BCUT2D eigenvalue weighted by Gasteiger charge is 2.56. The Hall–Kier alpha value is -0.340. The third-order valence-electron chi connectivity index (χ3n) is 5.14. The van der Waals surface area contributed by atoms with E-state index in [0.717, 1.165) is 11.8 Å². The molecule has 0 amide bonds. The number of rotatable bonds is 0. The second-order valence-electron chi connectivity index (χ2n) is 5.76. The van der Waals surface area contributed by atoms with Crippen molar-refractivity contribution >= 4 is 11.3 Å². The molecule has 1 aromatic heterocycles. The lowest BCUT2D eigenvalue weighted by Crippen LogP contribution is -2.63. The standard InChI is InChI=1S/C14H19NS/c1-2-4-11-10(3-1)9-14(11)12-6-8-16-13(12)5-7-15-14/h6,8,10-11,15H,1-5,7,9H2/t10-,11-,14?/m0/s1. The molecular formula is C14H19NS. The maximum atomic E-state index is 3.88. The summed E-state index contributed by atoms with van der Waals surface area (Å²) in [5, 5.41) is 6.18. The topological polar surface area (TPSA) is 12.0 Å². The Kier molecular flexibility index (Phi) is 2.01. The van der Waals surface area contributed by atoms with Crippen molar-refractivity contribution < 1.29 is 0 Å². The Bertz CT molecular complexity index is 411. The summed E-state index contributed by atoms with van der Waals surface area (Å²) in [6, 6.07) is 2.40. The van der Waals surface area contributed by atoms with Crippen LogP contribution in [0.15, 0.2) is 11.4 Å². The molecule has 0 bridgehead atoms. The van der Waals surface area contributed by atoms with Crippen LogP contribution < -0.4 is 5.32 Å². The lowest BCUT2D eigenvalue weighted by Gasteiger charge is -2.59. The van der Waals surface area contributed by atoms with Gasteiger partial charge in [-0.2, -0.15) is 0 Å². The molecule has 2 heterocycles. The van der Waals surface area contributed by atoms with Gasteiger partial charge in [-0.25, -0.2) is 0 Å². The zero-order valence-corrected chi connectivity index (χ0v) is 10.5. The van der Waals surface area contributed by atoms with E-state index in [1.165, 1.54) is 45.1 Å². The molecule has 1 nitrogen and oxygen atoms in total. The molecule has 3 aliphatic rings. The Morgan fingerprint density at radius 1 is 1.31 bits per heavy atom. The maximum absolute atomic E-state index is 3.88. The lowest BCUT2D eigenvalue weighted by molar-refractivity contribution is -0.0341. The van der Waals surface area contributed by atoms with Crippen LogP contribution in [0, 0.1) is 11.8 Å². The van der Waals surface area contributed by atoms with Crippen molar-refractivity contribution in [3.05, 3.63) is 21.9 Å². The third-order valence-corrected chi connectivity index (χ3v) is 6.13. The summed E-state index contributed by atoms with van der Waals surface area (Å²) in [5.74, 6) is 1.99. The monoisotopic (exact) mass is 233 g/mol. The van der Waals surface area contributed by atoms with E-state index in [-0.39, 0.29) is 0 Å². The molecule has 1 unspecified atom stereocenters. The second kappa shape index (κ2) is 3.33. The molecule has 86 valence electrons. The third kappa shape index (κ3) is 1.10.